The largest absolute Gasteiger partial charge is 0.323 e. The topological polar surface area (TPSA) is 89.3 Å². The lowest BCUT2D eigenvalue weighted by Gasteiger charge is -2.47. The number of fused-ring (bicyclic) bond motifs is 2. The molecule has 2 aliphatic heterocycles. The number of piperidine rings is 2. The SMILES string of the molecule is O=c1[nH]c2ccc(S(=O)(=O)N3CCC4C(CCCN4C4CC4)C3)cc2[nH]1. The molecule has 1 aromatic heterocycles. The molecular formula is C18H24N4O3S. The van der Waals surface area contributed by atoms with Gasteiger partial charge in [-0.2, -0.15) is 4.31 Å². The smallest absolute Gasteiger partial charge is 0.306 e. The number of likely N-dealkylation sites (tertiary alicyclic amines) is 1. The van der Waals surface area contributed by atoms with Gasteiger partial charge in [0.15, 0.2) is 0 Å². The number of nitrogens with zero attached hydrogens (tertiary/aromatic N) is 2. The van der Waals surface area contributed by atoms with Crippen molar-refractivity contribution in [3.8, 4) is 0 Å². The zero-order chi connectivity index (χ0) is 17.9. The van der Waals surface area contributed by atoms with Crippen LogP contribution in [0.4, 0.5) is 0 Å². The van der Waals surface area contributed by atoms with E-state index >= 15 is 0 Å². The molecule has 2 unspecified atom stereocenters. The van der Waals surface area contributed by atoms with Crippen molar-refractivity contribution in [2.24, 2.45) is 5.92 Å². The van der Waals surface area contributed by atoms with Crippen LogP contribution in [0.15, 0.2) is 27.9 Å². The fourth-order valence-electron chi connectivity index (χ4n) is 4.81. The molecule has 1 aromatic carbocycles. The highest BCUT2D eigenvalue weighted by Crippen LogP contribution is 2.39. The molecule has 7 nitrogen and oxygen atoms in total. The van der Waals surface area contributed by atoms with E-state index in [1.807, 2.05) is 0 Å². The van der Waals surface area contributed by atoms with Crippen molar-refractivity contribution in [3.63, 3.8) is 0 Å². The molecule has 0 amide bonds. The number of aromatic amines is 2. The van der Waals surface area contributed by atoms with E-state index in [0.717, 1.165) is 18.9 Å². The standard InChI is InChI=1S/C18H24N4O3S/c23-18-19-15-6-5-14(10-16(15)20-18)26(24,25)21-9-7-17-12(11-21)2-1-8-22(17)13-3-4-13/h5-6,10,12-13,17H,1-4,7-9,11H2,(H2,19,20,23). The van der Waals surface area contributed by atoms with Crippen LogP contribution in [0, 0.1) is 5.92 Å². The van der Waals surface area contributed by atoms with Gasteiger partial charge < -0.3 is 9.97 Å². The highest BCUT2D eigenvalue weighted by Gasteiger charge is 2.44. The first-order chi connectivity index (χ1) is 12.5. The lowest BCUT2D eigenvalue weighted by Crippen LogP contribution is -2.55. The maximum Gasteiger partial charge on any atom is 0.323 e. The van der Waals surface area contributed by atoms with Crippen LogP contribution in [0.2, 0.25) is 0 Å². The molecule has 140 valence electrons. The Balaban J connectivity index is 1.40. The molecule has 1 aliphatic carbocycles. The van der Waals surface area contributed by atoms with Crippen molar-refractivity contribution in [3.05, 3.63) is 28.7 Å². The van der Waals surface area contributed by atoms with E-state index in [-0.39, 0.29) is 10.6 Å². The molecule has 2 atom stereocenters. The van der Waals surface area contributed by atoms with Gasteiger partial charge in [0.25, 0.3) is 0 Å². The lowest BCUT2D eigenvalue weighted by atomic mass is 9.84. The number of hydrogen-bond donors (Lipinski definition) is 2. The predicted octanol–water partition coefficient (Wildman–Crippen LogP) is 1.49. The number of aromatic nitrogens is 2. The minimum atomic E-state index is -3.54. The first-order valence-electron chi connectivity index (χ1n) is 9.50. The number of benzene rings is 1. The van der Waals surface area contributed by atoms with Crippen LogP contribution in [0.1, 0.15) is 32.1 Å². The summed E-state index contributed by atoms with van der Waals surface area (Å²) >= 11 is 0. The van der Waals surface area contributed by atoms with E-state index in [1.54, 1.807) is 22.5 Å². The summed E-state index contributed by atoms with van der Waals surface area (Å²) in [5.74, 6) is 0.434. The molecule has 1 saturated carbocycles. The van der Waals surface area contributed by atoms with E-state index < -0.39 is 10.0 Å². The van der Waals surface area contributed by atoms with Crippen LogP contribution in [-0.2, 0) is 10.0 Å². The van der Waals surface area contributed by atoms with Gasteiger partial charge in [-0.25, -0.2) is 13.2 Å². The molecular weight excluding hydrogens is 352 g/mol. The molecule has 3 fully saturated rings. The highest BCUT2D eigenvalue weighted by molar-refractivity contribution is 7.89. The van der Waals surface area contributed by atoms with E-state index in [4.69, 9.17) is 0 Å². The van der Waals surface area contributed by atoms with Crippen molar-refractivity contribution >= 4 is 21.1 Å². The van der Waals surface area contributed by atoms with Crippen LogP contribution >= 0.6 is 0 Å². The molecule has 3 aliphatic rings. The van der Waals surface area contributed by atoms with Gasteiger partial charge in [0.2, 0.25) is 10.0 Å². The van der Waals surface area contributed by atoms with E-state index in [0.29, 0.717) is 36.1 Å². The Labute approximate surface area is 152 Å². The molecule has 0 spiro atoms. The quantitative estimate of drug-likeness (QED) is 0.849. The van der Waals surface area contributed by atoms with Gasteiger partial charge in [-0.05, 0) is 62.8 Å². The molecule has 0 bridgehead atoms. The summed E-state index contributed by atoms with van der Waals surface area (Å²) < 4.78 is 27.9. The van der Waals surface area contributed by atoms with Crippen molar-refractivity contribution in [1.82, 2.24) is 19.2 Å². The van der Waals surface area contributed by atoms with Gasteiger partial charge in [0.1, 0.15) is 0 Å². The summed E-state index contributed by atoms with van der Waals surface area (Å²) in [7, 11) is -3.54. The Morgan fingerprint density at radius 3 is 2.62 bits per heavy atom. The minimum absolute atomic E-state index is 0.258. The number of hydrogen-bond acceptors (Lipinski definition) is 4. The van der Waals surface area contributed by atoms with Crippen LogP contribution < -0.4 is 5.69 Å². The predicted molar refractivity (Wildman–Crippen MR) is 98.5 cm³/mol. The zero-order valence-electron chi connectivity index (χ0n) is 14.6. The molecule has 2 aromatic rings. The van der Waals surface area contributed by atoms with E-state index in [9.17, 15) is 13.2 Å². The van der Waals surface area contributed by atoms with Crippen molar-refractivity contribution in [1.29, 1.82) is 0 Å². The van der Waals surface area contributed by atoms with E-state index in [1.165, 1.54) is 25.8 Å². The Hall–Kier alpha value is -1.64. The van der Waals surface area contributed by atoms with Crippen molar-refractivity contribution < 1.29 is 8.42 Å². The molecule has 0 radical (unpaired) electrons. The van der Waals surface area contributed by atoms with Crippen LogP contribution in [-0.4, -0.2) is 59.3 Å². The lowest BCUT2D eigenvalue weighted by molar-refractivity contribution is 0.0412. The average molecular weight is 376 g/mol. The Bertz CT molecular complexity index is 991. The van der Waals surface area contributed by atoms with Crippen LogP contribution in [0.5, 0.6) is 0 Å². The molecule has 26 heavy (non-hydrogen) atoms. The van der Waals surface area contributed by atoms with Gasteiger partial charge in [-0.15, -0.1) is 0 Å². The molecule has 5 rings (SSSR count). The van der Waals surface area contributed by atoms with E-state index in [2.05, 4.69) is 14.9 Å². The van der Waals surface area contributed by atoms with Gasteiger partial charge >= 0.3 is 5.69 Å². The van der Waals surface area contributed by atoms with Gasteiger partial charge in [0.05, 0.1) is 15.9 Å². The average Bonchev–Trinajstić information content (AvgIpc) is 3.41. The van der Waals surface area contributed by atoms with Crippen molar-refractivity contribution in [2.45, 2.75) is 49.1 Å². The first kappa shape index (κ1) is 16.5. The summed E-state index contributed by atoms with van der Waals surface area (Å²) in [6.07, 6.45) is 5.82. The summed E-state index contributed by atoms with van der Waals surface area (Å²) in [6, 6.07) is 6.10. The Morgan fingerprint density at radius 1 is 1.00 bits per heavy atom. The number of H-pyrrole nitrogens is 2. The number of imidazole rings is 1. The third kappa shape index (κ3) is 2.71. The summed E-state index contributed by atoms with van der Waals surface area (Å²) in [5.41, 5.74) is 0.835. The summed E-state index contributed by atoms with van der Waals surface area (Å²) in [6.45, 7) is 2.36. The Morgan fingerprint density at radius 2 is 1.81 bits per heavy atom. The second-order valence-corrected chi connectivity index (χ2v) is 9.81. The van der Waals surface area contributed by atoms with Gasteiger partial charge in [0, 0.05) is 25.2 Å². The third-order valence-corrected chi connectivity index (χ3v) is 8.08. The fourth-order valence-corrected chi connectivity index (χ4v) is 6.35. The normalized spacial score (nSPS) is 28.3. The van der Waals surface area contributed by atoms with Crippen LogP contribution in [0.3, 0.4) is 0 Å². The molecule has 8 heteroatoms. The van der Waals surface area contributed by atoms with Gasteiger partial charge in [-0.3, -0.25) is 4.90 Å². The second-order valence-electron chi connectivity index (χ2n) is 7.88. The first-order valence-corrected chi connectivity index (χ1v) is 10.9. The number of rotatable bonds is 3. The maximum absolute atomic E-state index is 13.2. The summed E-state index contributed by atoms with van der Waals surface area (Å²) in [5, 5.41) is 0. The highest BCUT2D eigenvalue weighted by atomic mass is 32.2. The molecule has 3 heterocycles. The molecule has 2 N–H and O–H groups in total. The minimum Gasteiger partial charge on any atom is -0.306 e. The summed E-state index contributed by atoms with van der Waals surface area (Å²) in [4.78, 5) is 19.6. The number of nitrogens with one attached hydrogen (secondary N) is 2. The Kier molecular flexibility index (Phi) is 3.77. The molecule has 2 saturated heterocycles. The van der Waals surface area contributed by atoms with Crippen LogP contribution in [0.25, 0.3) is 11.0 Å². The van der Waals surface area contributed by atoms with Crippen molar-refractivity contribution in [2.75, 3.05) is 19.6 Å². The zero-order valence-corrected chi connectivity index (χ0v) is 15.5. The fraction of sp³-hybridized carbons (Fsp3) is 0.611. The van der Waals surface area contributed by atoms with Gasteiger partial charge in [-0.1, -0.05) is 0 Å². The monoisotopic (exact) mass is 376 g/mol. The second kappa shape index (κ2) is 5.94. The number of sulfonamides is 1. The maximum atomic E-state index is 13.2. The third-order valence-electron chi connectivity index (χ3n) is 6.21.